The highest BCUT2D eigenvalue weighted by molar-refractivity contribution is 5.76. The molecule has 2 heterocycles. The Hall–Kier alpha value is -0.570. The number of nitrogens with one attached hydrogen (secondary N) is 1. The van der Waals surface area contributed by atoms with Gasteiger partial charge in [-0.15, -0.1) is 0 Å². The summed E-state index contributed by atoms with van der Waals surface area (Å²) in [6.45, 7) is 7.65. The van der Waals surface area contributed by atoms with Gasteiger partial charge in [-0.2, -0.15) is 0 Å². The number of carbonyl (C=O) groups excluding carboxylic acids is 1. The summed E-state index contributed by atoms with van der Waals surface area (Å²) < 4.78 is 0. The van der Waals surface area contributed by atoms with Gasteiger partial charge in [0.2, 0.25) is 5.91 Å². The largest absolute Gasteiger partial charge is 0.340 e. The zero-order chi connectivity index (χ0) is 13.0. The molecule has 2 aliphatic rings. The first-order valence-corrected chi connectivity index (χ1v) is 7.67. The smallest absolute Gasteiger partial charge is 0.223 e. The van der Waals surface area contributed by atoms with Gasteiger partial charge >= 0.3 is 0 Å². The number of hydrogen-bond acceptors (Lipinski definition) is 2. The van der Waals surface area contributed by atoms with E-state index in [1.165, 1.54) is 32.1 Å². The molecule has 3 heteroatoms. The summed E-state index contributed by atoms with van der Waals surface area (Å²) in [6.07, 6.45) is 6.86. The van der Waals surface area contributed by atoms with Crippen LogP contribution in [0.2, 0.25) is 0 Å². The van der Waals surface area contributed by atoms with Crippen molar-refractivity contribution < 1.29 is 4.79 Å². The zero-order valence-electron chi connectivity index (χ0n) is 12.0. The van der Waals surface area contributed by atoms with Crippen molar-refractivity contribution in [1.82, 2.24) is 10.2 Å². The zero-order valence-corrected chi connectivity index (χ0v) is 12.0. The quantitative estimate of drug-likeness (QED) is 0.818. The lowest BCUT2D eigenvalue weighted by Gasteiger charge is -2.31. The molecule has 0 unspecified atom stereocenters. The van der Waals surface area contributed by atoms with Gasteiger partial charge in [-0.25, -0.2) is 0 Å². The summed E-state index contributed by atoms with van der Waals surface area (Å²) in [7, 11) is 0. The highest BCUT2D eigenvalue weighted by Gasteiger charge is 2.27. The molecule has 2 aliphatic heterocycles. The first-order valence-electron chi connectivity index (χ1n) is 7.67. The molecular weight excluding hydrogens is 224 g/mol. The standard InChI is InChI=1S/C15H28N2O/c1-12-4-3-5-13(2)17(11-12)15(18)10-14-6-8-16-9-7-14/h12-14,16H,3-11H2,1-2H3/t12-,13+/m1/s1. The Labute approximate surface area is 111 Å². The third kappa shape index (κ3) is 3.71. The van der Waals surface area contributed by atoms with Crippen LogP contribution < -0.4 is 5.32 Å². The Balaban J connectivity index is 1.88. The van der Waals surface area contributed by atoms with E-state index >= 15 is 0 Å². The minimum absolute atomic E-state index is 0.406. The minimum Gasteiger partial charge on any atom is -0.340 e. The minimum atomic E-state index is 0.406. The number of likely N-dealkylation sites (tertiary alicyclic amines) is 1. The lowest BCUT2D eigenvalue weighted by Crippen LogP contribution is -2.41. The maximum absolute atomic E-state index is 12.5. The average molecular weight is 252 g/mol. The molecule has 2 saturated heterocycles. The number of carbonyl (C=O) groups is 1. The highest BCUT2D eigenvalue weighted by Crippen LogP contribution is 2.24. The van der Waals surface area contributed by atoms with Crippen LogP contribution in [0, 0.1) is 11.8 Å². The fourth-order valence-corrected chi connectivity index (χ4v) is 3.32. The molecule has 2 atom stereocenters. The molecule has 1 N–H and O–H groups in total. The Morgan fingerprint density at radius 1 is 1.17 bits per heavy atom. The van der Waals surface area contributed by atoms with E-state index in [-0.39, 0.29) is 0 Å². The molecule has 3 nitrogen and oxygen atoms in total. The summed E-state index contributed by atoms with van der Waals surface area (Å²) >= 11 is 0. The van der Waals surface area contributed by atoms with E-state index in [1.54, 1.807) is 0 Å². The van der Waals surface area contributed by atoms with Crippen LogP contribution in [-0.2, 0) is 4.79 Å². The second kappa shape index (κ2) is 6.55. The van der Waals surface area contributed by atoms with E-state index in [1.807, 2.05) is 0 Å². The van der Waals surface area contributed by atoms with Crippen molar-refractivity contribution in [3.8, 4) is 0 Å². The summed E-state index contributed by atoms with van der Waals surface area (Å²) in [5, 5.41) is 3.37. The Morgan fingerprint density at radius 2 is 1.89 bits per heavy atom. The van der Waals surface area contributed by atoms with Crippen molar-refractivity contribution >= 4 is 5.91 Å². The first kappa shape index (κ1) is 13.9. The van der Waals surface area contributed by atoms with Gasteiger partial charge in [0.25, 0.3) is 0 Å². The fourth-order valence-electron chi connectivity index (χ4n) is 3.32. The molecule has 0 aromatic rings. The van der Waals surface area contributed by atoms with Crippen LogP contribution in [0.25, 0.3) is 0 Å². The van der Waals surface area contributed by atoms with Crippen LogP contribution in [0.5, 0.6) is 0 Å². The Kier molecular flexibility index (Phi) is 5.04. The van der Waals surface area contributed by atoms with E-state index in [0.29, 0.717) is 23.8 Å². The molecule has 0 aliphatic carbocycles. The van der Waals surface area contributed by atoms with E-state index < -0.39 is 0 Å². The normalized spacial score (nSPS) is 31.1. The second-order valence-corrected chi connectivity index (χ2v) is 6.33. The summed E-state index contributed by atoms with van der Waals surface area (Å²) in [6, 6.07) is 0.448. The van der Waals surface area contributed by atoms with Crippen LogP contribution in [0.15, 0.2) is 0 Å². The predicted molar refractivity (Wildman–Crippen MR) is 74.4 cm³/mol. The van der Waals surface area contributed by atoms with E-state index in [2.05, 4.69) is 24.1 Å². The van der Waals surface area contributed by atoms with Crippen LogP contribution in [0.3, 0.4) is 0 Å². The number of piperidine rings is 1. The Morgan fingerprint density at radius 3 is 2.61 bits per heavy atom. The van der Waals surface area contributed by atoms with Gasteiger partial charge in [-0.3, -0.25) is 4.79 Å². The van der Waals surface area contributed by atoms with Crippen molar-refractivity contribution in [3.05, 3.63) is 0 Å². The SMILES string of the molecule is C[C@@H]1CCC[C@H](C)N(C(=O)CC2CCNCC2)C1. The van der Waals surface area contributed by atoms with E-state index in [9.17, 15) is 4.79 Å². The Bertz CT molecular complexity index is 274. The van der Waals surface area contributed by atoms with Crippen molar-refractivity contribution in [2.75, 3.05) is 19.6 Å². The molecule has 0 saturated carbocycles. The van der Waals surface area contributed by atoms with Crippen LogP contribution in [-0.4, -0.2) is 36.5 Å². The van der Waals surface area contributed by atoms with Crippen LogP contribution in [0.4, 0.5) is 0 Å². The van der Waals surface area contributed by atoms with Gasteiger partial charge in [0.15, 0.2) is 0 Å². The van der Waals surface area contributed by atoms with Crippen molar-refractivity contribution in [1.29, 1.82) is 0 Å². The van der Waals surface area contributed by atoms with Crippen molar-refractivity contribution in [2.45, 2.75) is 58.4 Å². The van der Waals surface area contributed by atoms with E-state index in [0.717, 1.165) is 26.1 Å². The second-order valence-electron chi connectivity index (χ2n) is 6.33. The third-order valence-corrected chi connectivity index (χ3v) is 4.60. The average Bonchev–Trinajstić information content (AvgIpc) is 2.52. The van der Waals surface area contributed by atoms with Gasteiger partial charge < -0.3 is 10.2 Å². The molecule has 2 fully saturated rings. The lowest BCUT2D eigenvalue weighted by atomic mass is 9.93. The topological polar surface area (TPSA) is 32.3 Å². The summed E-state index contributed by atoms with van der Waals surface area (Å²) in [5.74, 6) is 1.69. The van der Waals surface area contributed by atoms with Gasteiger partial charge in [-0.05, 0) is 57.5 Å². The highest BCUT2D eigenvalue weighted by atomic mass is 16.2. The maximum atomic E-state index is 12.5. The molecule has 0 aromatic heterocycles. The third-order valence-electron chi connectivity index (χ3n) is 4.60. The predicted octanol–water partition coefficient (Wildman–Crippen LogP) is 2.41. The number of nitrogens with zero attached hydrogens (tertiary/aromatic N) is 1. The first-order chi connectivity index (χ1) is 8.66. The van der Waals surface area contributed by atoms with Gasteiger partial charge in [0.1, 0.15) is 0 Å². The molecule has 0 radical (unpaired) electrons. The summed E-state index contributed by atoms with van der Waals surface area (Å²) in [5.41, 5.74) is 0. The number of rotatable bonds is 2. The van der Waals surface area contributed by atoms with Crippen molar-refractivity contribution in [2.24, 2.45) is 11.8 Å². The summed E-state index contributed by atoms with van der Waals surface area (Å²) in [4.78, 5) is 14.6. The number of hydrogen-bond donors (Lipinski definition) is 1. The fraction of sp³-hybridized carbons (Fsp3) is 0.933. The molecule has 0 aromatic carbocycles. The van der Waals surface area contributed by atoms with Crippen LogP contribution >= 0.6 is 0 Å². The van der Waals surface area contributed by atoms with E-state index in [4.69, 9.17) is 0 Å². The van der Waals surface area contributed by atoms with Gasteiger partial charge in [-0.1, -0.05) is 13.3 Å². The van der Waals surface area contributed by atoms with Gasteiger partial charge in [0, 0.05) is 19.0 Å². The number of amides is 1. The van der Waals surface area contributed by atoms with Gasteiger partial charge in [0.05, 0.1) is 0 Å². The molecule has 104 valence electrons. The molecule has 0 spiro atoms. The molecule has 1 amide bonds. The molecule has 18 heavy (non-hydrogen) atoms. The van der Waals surface area contributed by atoms with Crippen molar-refractivity contribution in [3.63, 3.8) is 0 Å². The molecule has 0 bridgehead atoms. The molecular formula is C15H28N2O. The maximum Gasteiger partial charge on any atom is 0.223 e. The molecule has 2 rings (SSSR count). The lowest BCUT2D eigenvalue weighted by molar-refractivity contribution is -0.134. The van der Waals surface area contributed by atoms with Crippen LogP contribution in [0.1, 0.15) is 52.4 Å². The monoisotopic (exact) mass is 252 g/mol.